The highest BCUT2D eigenvalue weighted by Crippen LogP contribution is 2.23. The molecule has 4 heteroatoms. The van der Waals surface area contributed by atoms with E-state index in [0.717, 1.165) is 25.7 Å². The molecule has 132 valence electrons. The van der Waals surface area contributed by atoms with Crippen molar-refractivity contribution in [2.24, 2.45) is 23.7 Å². The molecule has 1 amide bonds. The van der Waals surface area contributed by atoms with Crippen LogP contribution >= 0.6 is 0 Å². The second kappa shape index (κ2) is 9.86. The van der Waals surface area contributed by atoms with Crippen LogP contribution in [0.2, 0.25) is 0 Å². The quantitative estimate of drug-likeness (QED) is 0.673. The van der Waals surface area contributed by atoms with Crippen molar-refractivity contribution >= 4 is 11.7 Å². The molecule has 0 aromatic carbocycles. The maximum atomic E-state index is 12.4. The zero-order chi connectivity index (χ0) is 17.4. The van der Waals surface area contributed by atoms with Crippen molar-refractivity contribution in [3.8, 4) is 0 Å². The summed E-state index contributed by atoms with van der Waals surface area (Å²) in [6.45, 7) is 8.49. The lowest BCUT2D eigenvalue weighted by Gasteiger charge is -2.23. The van der Waals surface area contributed by atoms with E-state index in [4.69, 9.17) is 0 Å². The van der Waals surface area contributed by atoms with Crippen LogP contribution in [0.25, 0.3) is 0 Å². The fourth-order valence-corrected chi connectivity index (χ4v) is 3.17. The van der Waals surface area contributed by atoms with Gasteiger partial charge in [0.1, 0.15) is 5.78 Å². The third kappa shape index (κ3) is 7.30. The van der Waals surface area contributed by atoms with Crippen molar-refractivity contribution in [2.45, 2.75) is 65.9 Å². The Morgan fingerprint density at radius 2 is 1.87 bits per heavy atom. The monoisotopic (exact) mass is 323 g/mol. The van der Waals surface area contributed by atoms with Gasteiger partial charge in [0.05, 0.1) is 12.5 Å². The Morgan fingerprint density at radius 1 is 1.17 bits per heavy atom. The standard InChI is InChI=1S/C19H33NO3/c1-13-8-6-5-7-9-14(2)12-20-18(22)11-17(21)16(4)19(23)15(3)10-13/h7,9,13-17,21H,5-6,8,10-12H2,1-4H3,(H,20,22)/b9-7-/t13?,14-,15?,16?,17?/m0/s1. The van der Waals surface area contributed by atoms with Crippen LogP contribution in [-0.2, 0) is 9.59 Å². The van der Waals surface area contributed by atoms with E-state index in [-0.39, 0.29) is 29.9 Å². The van der Waals surface area contributed by atoms with E-state index in [9.17, 15) is 14.7 Å². The van der Waals surface area contributed by atoms with Crippen LogP contribution in [0.4, 0.5) is 0 Å². The van der Waals surface area contributed by atoms with Gasteiger partial charge >= 0.3 is 0 Å². The van der Waals surface area contributed by atoms with E-state index < -0.39 is 12.0 Å². The van der Waals surface area contributed by atoms with Crippen LogP contribution < -0.4 is 5.32 Å². The third-order valence-electron chi connectivity index (χ3n) is 4.82. The molecule has 0 radical (unpaired) electrons. The first-order valence-electron chi connectivity index (χ1n) is 8.96. The number of ketones is 1. The first-order chi connectivity index (χ1) is 10.8. The molecule has 0 aromatic heterocycles. The number of aliphatic hydroxyl groups excluding tert-OH is 1. The Hall–Kier alpha value is -1.16. The van der Waals surface area contributed by atoms with Crippen LogP contribution in [0.1, 0.15) is 59.8 Å². The average molecular weight is 323 g/mol. The van der Waals surface area contributed by atoms with Gasteiger partial charge in [0.25, 0.3) is 0 Å². The minimum Gasteiger partial charge on any atom is -0.392 e. The summed E-state index contributed by atoms with van der Waals surface area (Å²) in [7, 11) is 0. The Labute approximate surface area is 140 Å². The zero-order valence-electron chi connectivity index (χ0n) is 15.0. The van der Waals surface area contributed by atoms with Crippen LogP contribution in [0.3, 0.4) is 0 Å². The molecule has 0 saturated heterocycles. The molecule has 1 rings (SSSR count). The fourth-order valence-electron chi connectivity index (χ4n) is 3.17. The normalized spacial score (nSPS) is 37.2. The number of hydrogen-bond acceptors (Lipinski definition) is 3. The van der Waals surface area contributed by atoms with Gasteiger partial charge in [-0.1, -0.05) is 46.3 Å². The molecule has 0 saturated carbocycles. The predicted molar refractivity (Wildman–Crippen MR) is 92.9 cm³/mol. The molecule has 1 aliphatic rings. The molecule has 0 fully saturated rings. The van der Waals surface area contributed by atoms with E-state index in [1.54, 1.807) is 6.92 Å². The smallest absolute Gasteiger partial charge is 0.222 e. The Bertz CT molecular complexity index is 419. The number of amides is 1. The van der Waals surface area contributed by atoms with E-state index in [0.29, 0.717) is 12.5 Å². The molecule has 1 aliphatic heterocycles. The van der Waals surface area contributed by atoms with Crippen LogP contribution in [0, 0.1) is 23.7 Å². The first-order valence-corrected chi connectivity index (χ1v) is 8.96. The molecule has 2 N–H and O–H groups in total. The number of carbonyl (C=O) groups excluding carboxylic acids is 2. The van der Waals surface area contributed by atoms with Gasteiger partial charge in [-0.2, -0.15) is 0 Å². The summed E-state index contributed by atoms with van der Waals surface area (Å²) in [6.07, 6.45) is 7.54. The SMILES string of the molecule is CC1CCC/C=C\[C@H](C)CNC(=O)CC(O)C(C)C(=O)C(C)C1. The largest absolute Gasteiger partial charge is 0.392 e. The highest BCUT2D eigenvalue weighted by atomic mass is 16.3. The van der Waals surface area contributed by atoms with Crippen molar-refractivity contribution in [2.75, 3.05) is 6.54 Å². The fraction of sp³-hybridized carbons (Fsp3) is 0.789. The molecule has 0 aliphatic carbocycles. The summed E-state index contributed by atoms with van der Waals surface area (Å²) in [6, 6.07) is 0. The van der Waals surface area contributed by atoms with Crippen LogP contribution in [-0.4, -0.2) is 29.4 Å². The number of carbonyl (C=O) groups is 2. The number of rotatable bonds is 0. The summed E-state index contributed by atoms with van der Waals surface area (Å²) in [5.74, 6) is 0.0956. The van der Waals surface area contributed by atoms with Gasteiger partial charge in [-0.3, -0.25) is 9.59 Å². The van der Waals surface area contributed by atoms with E-state index >= 15 is 0 Å². The molecule has 4 unspecified atom stereocenters. The predicted octanol–water partition coefficient (Wildman–Crippen LogP) is 3.10. The van der Waals surface area contributed by atoms with Crippen molar-refractivity contribution in [1.29, 1.82) is 0 Å². The maximum absolute atomic E-state index is 12.4. The summed E-state index contributed by atoms with van der Waals surface area (Å²) in [5, 5.41) is 13.0. The second-order valence-electron chi connectivity index (χ2n) is 7.34. The Balaban J connectivity index is 2.75. The average Bonchev–Trinajstić information content (AvgIpc) is 2.50. The first kappa shape index (κ1) is 19.9. The van der Waals surface area contributed by atoms with E-state index in [1.807, 2.05) is 6.92 Å². The molecule has 0 aromatic rings. The zero-order valence-corrected chi connectivity index (χ0v) is 15.0. The van der Waals surface area contributed by atoms with Gasteiger partial charge in [-0.15, -0.1) is 0 Å². The van der Waals surface area contributed by atoms with E-state index in [1.165, 1.54) is 0 Å². The number of Topliss-reactive ketones (excluding diaryl/α,β-unsaturated/α-hetero) is 1. The lowest BCUT2D eigenvalue weighted by atomic mass is 9.83. The lowest BCUT2D eigenvalue weighted by Crippen LogP contribution is -2.36. The molecular weight excluding hydrogens is 290 g/mol. The minimum absolute atomic E-state index is 0.00832. The van der Waals surface area contributed by atoms with Gasteiger partial charge in [-0.05, 0) is 31.1 Å². The molecule has 5 atom stereocenters. The molecule has 4 nitrogen and oxygen atoms in total. The van der Waals surface area contributed by atoms with Gasteiger partial charge in [0.2, 0.25) is 5.91 Å². The Kier molecular flexibility index (Phi) is 8.53. The number of hydrogen-bond donors (Lipinski definition) is 2. The molecule has 0 spiro atoms. The second-order valence-corrected chi connectivity index (χ2v) is 7.34. The lowest BCUT2D eigenvalue weighted by molar-refractivity contribution is -0.131. The number of allylic oxidation sites excluding steroid dienone is 1. The molecule has 1 heterocycles. The molecular formula is C19H33NO3. The van der Waals surface area contributed by atoms with Crippen molar-refractivity contribution < 1.29 is 14.7 Å². The minimum atomic E-state index is -0.904. The highest BCUT2D eigenvalue weighted by Gasteiger charge is 2.28. The molecule has 0 bridgehead atoms. The summed E-state index contributed by atoms with van der Waals surface area (Å²) >= 11 is 0. The van der Waals surface area contributed by atoms with Gasteiger partial charge in [-0.25, -0.2) is 0 Å². The summed E-state index contributed by atoms with van der Waals surface area (Å²) in [5.41, 5.74) is 0. The van der Waals surface area contributed by atoms with Gasteiger partial charge < -0.3 is 10.4 Å². The van der Waals surface area contributed by atoms with E-state index in [2.05, 4.69) is 31.3 Å². The summed E-state index contributed by atoms with van der Waals surface area (Å²) in [4.78, 5) is 24.4. The highest BCUT2D eigenvalue weighted by molar-refractivity contribution is 5.84. The maximum Gasteiger partial charge on any atom is 0.222 e. The third-order valence-corrected chi connectivity index (χ3v) is 4.82. The van der Waals surface area contributed by atoms with Gasteiger partial charge in [0, 0.05) is 18.4 Å². The molecule has 23 heavy (non-hydrogen) atoms. The van der Waals surface area contributed by atoms with Crippen molar-refractivity contribution in [3.63, 3.8) is 0 Å². The van der Waals surface area contributed by atoms with Crippen molar-refractivity contribution in [3.05, 3.63) is 12.2 Å². The number of nitrogens with one attached hydrogen (secondary N) is 1. The summed E-state index contributed by atoms with van der Waals surface area (Å²) < 4.78 is 0. The van der Waals surface area contributed by atoms with Crippen LogP contribution in [0.5, 0.6) is 0 Å². The Morgan fingerprint density at radius 3 is 2.57 bits per heavy atom. The van der Waals surface area contributed by atoms with Gasteiger partial charge in [0.15, 0.2) is 0 Å². The van der Waals surface area contributed by atoms with Crippen LogP contribution in [0.15, 0.2) is 12.2 Å². The van der Waals surface area contributed by atoms with Crippen molar-refractivity contribution in [1.82, 2.24) is 5.32 Å². The topological polar surface area (TPSA) is 66.4 Å². The number of aliphatic hydroxyl groups is 1.